The summed E-state index contributed by atoms with van der Waals surface area (Å²) >= 11 is 0. The van der Waals surface area contributed by atoms with E-state index in [2.05, 4.69) is 11.7 Å². The van der Waals surface area contributed by atoms with Crippen molar-refractivity contribution >= 4 is 0 Å². The molecule has 0 amide bonds. The number of hydrogen-bond acceptors (Lipinski definition) is 1. The van der Waals surface area contributed by atoms with Gasteiger partial charge in [-0.3, -0.25) is 0 Å². The van der Waals surface area contributed by atoms with Crippen LogP contribution in [0.25, 0.3) is 0 Å². The number of benzene rings is 1. The van der Waals surface area contributed by atoms with Gasteiger partial charge in [0.25, 0.3) is 0 Å². The Morgan fingerprint density at radius 3 is 2.00 bits per heavy atom. The molecular formula is C25H36F2O. The summed E-state index contributed by atoms with van der Waals surface area (Å²) in [4.78, 5) is 0. The van der Waals surface area contributed by atoms with Gasteiger partial charge in [0.2, 0.25) is 0 Å². The Kier molecular flexibility index (Phi) is 6.58. The highest BCUT2D eigenvalue weighted by Gasteiger charge is 2.38. The van der Waals surface area contributed by atoms with Crippen molar-refractivity contribution in [3.63, 3.8) is 0 Å². The topological polar surface area (TPSA) is 9.23 Å². The van der Waals surface area contributed by atoms with Gasteiger partial charge in [-0.1, -0.05) is 38.3 Å². The Labute approximate surface area is 169 Å². The lowest BCUT2D eigenvalue weighted by molar-refractivity contribution is -0.0498. The zero-order valence-electron chi connectivity index (χ0n) is 17.3. The molecule has 0 heterocycles. The molecule has 156 valence electrons. The van der Waals surface area contributed by atoms with Crippen molar-refractivity contribution in [3.8, 4) is 5.75 Å². The van der Waals surface area contributed by atoms with Crippen LogP contribution in [0.3, 0.4) is 0 Å². The van der Waals surface area contributed by atoms with Gasteiger partial charge in [-0.05, 0) is 105 Å². The van der Waals surface area contributed by atoms with Gasteiger partial charge < -0.3 is 4.74 Å². The Morgan fingerprint density at radius 2 is 1.36 bits per heavy atom. The molecule has 0 aliphatic heterocycles. The third kappa shape index (κ3) is 4.71. The maximum atomic E-state index is 12.3. The van der Waals surface area contributed by atoms with E-state index in [0.717, 1.165) is 29.6 Å². The summed E-state index contributed by atoms with van der Waals surface area (Å²) in [5, 5.41) is 0. The number of alkyl halides is 2. The van der Waals surface area contributed by atoms with Gasteiger partial charge in [-0.2, -0.15) is 8.78 Å². The van der Waals surface area contributed by atoms with E-state index in [1.165, 1.54) is 76.2 Å². The van der Waals surface area contributed by atoms with Gasteiger partial charge in [-0.15, -0.1) is 0 Å². The molecule has 1 aromatic carbocycles. The molecule has 1 nitrogen and oxygen atoms in total. The number of ether oxygens (including phenoxy) is 1. The smallest absolute Gasteiger partial charge is 0.387 e. The molecule has 4 unspecified atom stereocenters. The Hall–Kier alpha value is -1.12. The molecule has 0 N–H and O–H groups in total. The quantitative estimate of drug-likeness (QED) is 0.498. The molecule has 0 aromatic heterocycles. The predicted molar refractivity (Wildman–Crippen MR) is 110 cm³/mol. The second-order valence-corrected chi connectivity index (χ2v) is 9.74. The number of hydrogen-bond donors (Lipinski definition) is 0. The highest BCUT2D eigenvalue weighted by molar-refractivity contribution is 5.30. The zero-order valence-corrected chi connectivity index (χ0v) is 17.3. The summed E-state index contributed by atoms with van der Waals surface area (Å²) in [5.74, 6) is 5.66. The average Bonchev–Trinajstić information content (AvgIpc) is 2.73. The van der Waals surface area contributed by atoms with Crippen molar-refractivity contribution in [2.75, 3.05) is 0 Å². The van der Waals surface area contributed by atoms with Crippen LogP contribution in [0.2, 0.25) is 0 Å². The van der Waals surface area contributed by atoms with E-state index in [1.807, 2.05) is 12.1 Å². The number of rotatable bonds is 5. The van der Waals surface area contributed by atoms with E-state index >= 15 is 0 Å². The predicted octanol–water partition coefficient (Wildman–Crippen LogP) is 7.80. The summed E-state index contributed by atoms with van der Waals surface area (Å²) in [5.41, 5.74) is 1.31. The molecule has 28 heavy (non-hydrogen) atoms. The van der Waals surface area contributed by atoms with E-state index in [0.29, 0.717) is 5.92 Å². The molecule has 0 spiro atoms. The van der Waals surface area contributed by atoms with Crippen LogP contribution in [0.15, 0.2) is 24.3 Å². The van der Waals surface area contributed by atoms with Crippen molar-refractivity contribution in [2.45, 2.75) is 90.1 Å². The largest absolute Gasteiger partial charge is 0.435 e. The standard InChI is InChI=1S/C25H36F2O/c1-2-17-3-5-18(6-4-17)20-7-9-23-16-21(8-10-22(23)15-20)19-11-13-24(14-12-19)28-25(26)27/h11-14,17-18,20-23,25H,2-10,15-16H2,1H3. The zero-order chi connectivity index (χ0) is 19.5. The van der Waals surface area contributed by atoms with Crippen molar-refractivity contribution in [1.29, 1.82) is 0 Å². The molecule has 0 saturated heterocycles. The first-order chi connectivity index (χ1) is 13.6. The Balaban J connectivity index is 1.29. The van der Waals surface area contributed by atoms with Crippen molar-refractivity contribution < 1.29 is 13.5 Å². The maximum absolute atomic E-state index is 12.3. The van der Waals surface area contributed by atoms with Gasteiger partial charge >= 0.3 is 6.61 Å². The van der Waals surface area contributed by atoms with Gasteiger partial charge in [0.05, 0.1) is 0 Å². The van der Waals surface area contributed by atoms with Gasteiger partial charge in [0, 0.05) is 0 Å². The summed E-state index contributed by atoms with van der Waals surface area (Å²) in [6.45, 7) is -0.387. The molecule has 3 aliphatic carbocycles. The highest BCUT2D eigenvalue weighted by atomic mass is 19.3. The van der Waals surface area contributed by atoms with Crippen LogP contribution < -0.4 is 4.74 Å². The fourth-order valence-corrected chi connectivity index (χ4v) is 6.65. The molecule has 3 heteroatoms. The van der Waals surface area contributed by atoms with Crippen LogP contribution in [0.1, 0.15) is 89.0 Å². The molecule has 3 saturated carbocycles. The first-order valence-electron chi connectivity index (χ1n) is 11.7. The van der Waals surface area contributed by atoms with E-state index in [-0.39, 0.29) is 5.75 Å². The summed E-state index contributed by atoms with van der Waals surface area (Å²) in [6, 6.07) is 7.41. The Bertz CT molecular complexity index is 605. The van der Waals surface area contributed by atoms with Crippen LogP contribution in [0, 0.1) is 29.6 Å². The lowest BCUT2D eigenvalue weighted by Crippen LogP contribution is -2.34. The van der Waals surface area contributed by atoms with E-state index in [1.54, 1.807) is 12.1 Å². The summed E-state index contributed by atoms with van der Waals surface area (Å²) < 4.78 is 29.2. The fraction of sp³-hybridized carbons (Fsp3) is 0.760. The maximum Gasteiger partial charge on any atom is 0.387 e. The van der Waals surface area contributed by atoms with Gasteiger partial charge in [0.1, 0.15) is 5.75 Å². The van der Waals surface area contributed by atoms with E-state index in [4.69, 9.17) is 0 Å². The lowest BCUT2D eigenvalue weighted by atomic mass is 9.60. The van der Waals surface area contributed by atoms with Crippen molar-refractivity contribution in [3.05, 3.63) is 29.8 Å². The molecule has 4 atom stereocenters. The van der Waals surface area contributed by atoms with E-state index in [9.17, 15) is 8.78 Å². The van der Waals surface area contributed by atoms with Crippen LogP contribution in [-0.4, -0.2) is 6.61 Å². The minimum absolute atomic E-state index is 0.269. The first-order valence-corrected chi connectivity index (χ1v) is 11.7. The summed E-state index contributed by atoms with van der Waals surface area (Å²) in [7, 11) is 0. The van der Waals surface area contributed by atoms with Gasteiger partial charge in [-0.25, -0.2) is 0 Å². The van der Waals surface area contributed by atoms with Crippen LogP contribution in [0.4, 0.5) is 8.78 Å². The van der Waals surface area contributed by atoms with E-state index < -0.39 is 6.61 Å². The molecule has 3 aliphatic rings. The monoisotopic (exact) mass is 390 g/mol. The highest BCUT2D eigenvalue weighted by Crippen LogP contribution is 2.51. The van der Waals surface area contributed by atoms with Gasteiger partial charge in [0.15, 0.2) is 0 Å². The normalized spacial score (nSPS) is 36.1. The lowest BCUT2D eigenvalue weighted by Gasteiger charge is -2.45. The number of halogens is 2. The summed E-state index contributed by atoms with van der Waals surface area (Å²) in [6.07, 6.45) is 15.5. The fourth-order valence-electron chi connectivity index (χ4n) is 6.65. The van der Waals surface area contributed by atoms with Crippen LogP contribution in [-0.2, 0) is 0 Å². The third-order valence-electron chi connectivity index (χ3n) is 8.37. The minimum Gasteiger partial charge on any atom is -0.435 e. The van der Waals surface area contributed by atoms with Crippen molar-refractivity contribution in [1.82, 2.24) is 0 Å². The molecule has 3 fully saturated rings. The molecule has 1 aromatic rings. The van der Waals surface area contributed by atoms with Crippen molar-refractivity contribution in [2.24, 2.45) is 29.6 Å². The second-order valence-electron chi connectivity index (χ2n) is 9.74. The third-order valence-corrected chi connectivity index (χ3v) is 8.37. The minimum atomic E-state index is -2.74. The van der Waals surface area contributed by atoms with Crippen LogP contribution in [0.5, 0.6) is 5.75 Å². The first kappa shape index (κ1) is 20.2. The molecule has 0 radical (unpaired) electrons. The number of fused-ring (bicyclic) bond motifs is 1. The second kappa shape index (κ2) is 9.13. The molecule has 0 bridgehead atoms. The SMILES string of the molecule is CCC1CCC(C2CCC3CC(c4ccc(OC(F)F)cc4)CCC3C2)CC1. The average molecular weight is 391 g/mol. The van der Waals surface area contributed by atoms with Crippen LogP contribution >= 0.6 is 0 Å². The molecular weight excluding hydrogens is 354 g/mol. The Morgan fingerprint density at radius 1 is 0.786 bits per heavy atom. The molecule has 4 rings (SSSR count).